The maximum absolute atomic E-state index is 12.9. The Morgan fingerprint density at radius 3 is 1.66 bits per heavy atom. The fraction of sp³-hybridized carbons (Fsp3) is 0.143. The molecule has 0 spiro atoms. The number of hydrogen-bond acceptors (Lipinski definition) is 5. The molecule has 0 bridgehead atoms. The third kappa shape index (κ3) is 6.22. The van der Waals surface area contributed by atoms with Crippen molar-refractivity contribution in [2.75, 3.05) is 7.11 Å². The summed E-state index contributed by atoms with van der Waals surface area (Å²) in [6, 6.07) is 17.0. The molecule has 3 aromatic rings. The smallest absolute Gasteiger partial charge is 0.244 e. The highest BCUT2D eigenvalue weighted by molar-refractivity contribution is 7.90. The first-order valence-corrected chi connectivity index (χ1v) is 13.0. The standard InChI is InChI=1S/C21H20Cl2N2O5S2/c1-30-20-11-10-19(31(26,27)24-13-15-2-6-17(22)7-3-15)12-21(20)32(28,29)25-14-16-4-8-18(23)9-5-16/h2-12,24-25H,13-14H2,1H3. The van der Waals surface area contributed by atoms with Gasteiger partial charge in [0.05, 0.1) is 12.0 Å². The minimum atomic E-state index is -4.08. The zero-order chi connectivity index (χ0) is 23.4. The van der Waals surface area contributed by atoms with Crippen LogP contribution in [0.1, 0.15) is 11.1 Å². The van der Waals surface area contributed by atoms with Crippen molar-refractivity contribution in [3.05, 3.63) is 87.9 Å². The highest BCUT2D eigenvalue weighted by atomic mass is 35.5. The Morgan fingerprint density at radius 2 is 1.19 bits per heavy atom. The van der Waals surface area contributed by atoms with E-state index in [0.29, 0.717) is 21.2 Å². The SMILES string of the molecule is COc1ccc(S(=O)(=O)NCc2ccc(Cl)cc2)cc1S(=O)(=O)NCc1ccc(Cl)cc1. The highest BCUT2D eigenvalue weighted by Gasteiger charge is 2.24. The zero-order valence-electron chi connectivity index (χ0n) is 16.9. The molecule has 0 amide bonds. The molecule has 3 rings (SSSR count). The van der Waals surface area contributed by atoms with Crippen LogP contribution in [0.4, 0.5) is 0 Å². The number of ether oxygens (including phenoxy) is 1. The molecule has 3 aromatic carbocycles. The van der Waals surface area contributed by atoms with Crippen molar-refractivity contribution in [3.8, 4) is 5.75 Å². The van der Waals surface area contributed by atoms with E-state index in [-0.39, 0.29) is 28.6 Å². The van der Waals surface area contributed by atoms with Gasteiger partial charge in [-0.3, -0.25) is 0 Å². The third-order valence-electron chi connectivity index (χ3n) is 4.49. The van der Waals surface area contributed by atoms with Crippen LogP contribution in [0.25, 0.3) is 0 Å². The highest BCUT2D eigenvalue weighted by Crippen LogP contribution is 2.27. The number of halogens is 2. The summed E-state index contributed by atoms with van der Waals surface area (Å²) in [5.74, 6) is 0.0188. The Labute approximate surface area is 197 Å². The average Bonchev–Trinajstić information content (AvgIpc) is 2.78. The zero-order valence-corrected chi connectivity index (χ0v) is 20.0. The molecule has 32 heavy (non-hydrogen) atoms. The van der Waals surface area contributed by atoms with Crippen LogP contribution in [0.5, 0.6) is 5.75 Å². The van der Waals surface area contributed by atoms with Crippen LogP contribution < -0.4 is 14.2 Å². The van der Waals surface area contributed by atoms with E-state index in [1.165, 1.54) is 19.2 Å². The van der Waals surface area contributed by atoms with Gasteiger partial charge in [-0.1, -0.05) is 47.5 Å². The van der Waals surface area contributed by atoms with Crippen LogP contribution in [-0.4, -0.2) is 23.9 Å². The van der Waals surface area contributed by atoms with E-state index in [1.807, 2.05) is 0 Å². The number of sulfonamides is 2. The van der Waals surface area contributed by atoms with Gasteiger partial charge in [0.15, 0.2) is 0 Å². The van der Waals surface area contributed by atoms with Crippen molar-refractivity contribution in [2.24, 2.45) is 0 Å². The van der Waals surface area contributed by atoms with Gasteiger partial charge in [0.2, 0.25) is 20.0 Å². The summed E-state index contributed by atoms with van der Waals surface area (Å²) in [4.78, 5) is -0.498. The molecule has 0 aromatic heterocycles. The van der Waals surface area contributed by atoms with E-state index in [1.54, 1.807) is 48.5 Å². The Hall–Kier alpha value is -2.14. The predicted molar refractivity (Wildman–Crippen MR) is 124 cm³/mol. The number of rotatable bonds is 9. The maximum atomic E-state index is 12.9. The monoisotopic (exact) mass is 514 g/mol. The maximum Gasteiger partial charge on any atom is 0.244 e. The minimum absolute atomic E-state index is 0.00551. The lowest BCUT2D eigenvalue weighted by molar-refractivity contribution is 0.401. The van der Waals surface area contributed by atoms with Gasteiger partial charge in [-0.15, -0.1) is 0 Å². The van der Waals surface area contributed by atoms with Gasteiger partial charge in [0.25, 0.3) is 0 Å². The van der Waals surface area contributed by atoms with Crippen molar-refractivity contribution >= 4 is 43.2 Å². The Kier molecular flexibility index (Phi) is 7.81. The second-order valence-corrected chi connectivity index (χ2v) is 11.1. The summed E-state index contributed by atoms with van der Waals surface area (Å²) >= 11 is 11.7. The van der Waals surface area contributed by atoms with Crippen molar-refractivity contribution in [2.45, 2.75) is 22.9 Å². The van der Waals surface area contributed by atoms with Crippen molar-refractivity contribution in [1.29, 1.82) is 0 Å². The number of hydrogen-bond donors (Lipinski definition) is 2. The normalized spacial score (nSPS) is 12.0. The number of methoxy groups -OCH3 is 1. The molecule has 0 aliphatic carbocycles. The average molecular weight is 515 g/mol. The van der Waals surface area contributed by atoms with Crippen LogP contribution in [0.2, 0.25) is 10.0 Å². The lowest BCUT2D eigenvalue weighted by Gasteiger charge is -2.13. The molecule has 0 heterocycles. The van der Waals surface area contributed by atoms with Gasteiger partial charge >= 0.3 is 0 Å². The van der Waals surface area contributed by atoms with Crippen molar-refractivity contribution in [3.63, 3.8) is 0 Å². The quantitative estimate of drug-likeness (QED) is 0.449. The lowest BCUT2D eigenvalue weighted by Crippen LogP contribution is -2.26. The fourth-order valence-corrected chi connectivity index (χ4v) is 5.34. The topological polar surface area (TPSA) is 102 Å². The van der Waals surface area contributed by atoms with Crippen molar-refractivity contribution < 1.29 is 21.6 Å². The second-order valence-electron chi connectivity index (χ2n) is 6.71. The number of nitrogens with one attached hydrogen (secondary N) is 2. The van der Waals surface area contributed by atoms with E-state index < -0.39 is 20.0 Å². The summed E-state index contributed by atoms with van der Waals surface area (Å²) < 4.78 is 61.4. The van der Waals surface area contributed by atoms with Gasteiger partial charge in [0.1, 0.15) is 10.6 Å². The summed E-state index contributed by atoms with van der Waals surface area (Å²) in [5.41, 5.74) is 1.38. The van der Waals surface area contributed by atoms with Crippen LogP contribution in [0.15, 0.2) is 76.5 Å². The molecule has 7 nitrogen and oxygen atoms in total. The summed E-state index contributed by atoms with van der Waals surface area (Å²) in [7, 11) is -6.77. The summed E-state index contributed by atoms with van der Waals surface area (Å²) in [6.45, 7) is 0.0108. The van der Waals surface area contributed by atoms with Gasteiger partial charge in [-0.2, -0.15) is 0 Å². The van der Waals surface area contributed by atoms with Gasteiger partial charge in [0, 0.05) is 23.1 Å². The molecule has 0 saturated carbocycles. The van der Waals surface area contributed by atoms with Gasteiger partial charge < -0.3 is 4.74 Å². The molecule has 0 radical (unpaired) electrons. The Balaban J connectivity index is 1.83. The summed E-state index contributed by atoms with van der Waals surface area (Å²) in [5, 5.41) is 1.06. The van der Waals surface area contributed by atoms with Crippen molar-refractivity contribution in [1.82, 2.24) is 9.44 Å². The first-order chi connectivity index (χ1) is 15.1. The molecular weight excluding hydrogens is 495 g/mol. The fourth-order valence-electron chi connectivity index (χ4n) is 2.76. The molecule has 11 heteroatoms. The molecule has 0 atom stereocenters. The molecular formula is C21H20Cl2N2O5S2. The van der Waals surface area contributed by atoms with Crippen LogP contribution in [0, 0.1) is 0 Å². The van der Waals surface area contributed by atoms with Crippen LogP contribution in [0.3, 0.4) is 0 Å². The molecule has 170 valence electrons. The van der Waals surface area contributed by atoms with Gasteiger partial charge in [-0.05, 0) is 53.6 Å². The summed E-state index contributed by atoms with van der Waals surface area (Å²) in [6.07, 6.45) is 0. The van der Waals surface area contributed by atoms with E-state index in [9.17, 15) is 16.8 Å². The number of benzene rings is 3. The predicted octanol–water partition coefficient (Wildman–Crippen LogP) is 3.96. The molecule has 0 unspecified atom stereocenters. The van der Waals surface area contributed by atoms with Gasteiger partial charge in [-0.25, -0.2) is 26.3 Å². The largest absolute Gasteiger partial charge is 0.495 e. The molecule has 0 saturated heterocycles. The first kappa shape index (κ1) is 24.5. The Bertz CT molecular complexity index is 1300. The van der Waals surface area contributed by atoms with Crippen LogP contribution in [-0.2, 0) is 33.1 Å². The van der Waals surface area contributed by atoms with E-state index >= 15 is 0 Å². The van der Waals surface area contributed by atoms with Crippen LogP contribution >= 0.6 is 23.2 Å². The molecule has 2 N–H and O–H groups in total. The van der Waals surface area contributed by atoms with E-state index in [4.69, 9.17) is 27.9 Å². The molecule has 0 aliphatic rings. The van der Waals surface area contributed by atoms with E-state index in [0.717, 1.165) is 6.07 Å². The second kappa shape index (κ2) is 10.2. The molecule has 0 aliphatic heterocycles. The molecule has 0 fully saturated rings. The third-order valence-corrected chi connectivity index (χ3v) is 7.82. The Morgan fingerprint density at radius 1 is 0.719 bits per heavy atom. The first-order valence-electron chi connectivity index (χ1n) is 9.27. The lowest BCUT2D eigenvalue weighted by atomic mass is 10.2. The van der Waals surface area contributed by atoms with E-state index in [2.05, 4.69) is 9.44 Å². The minimum Gasteiger partial charge on any atom is -0.495 e.